The number of halogens is 1. The fourth-order valence-electron chi connectivity index (χ4n) is 1.49. The maximum Gasteiger partial charge on any atom is 0.0471 e. The molecule has 0 unspecified atom stereocenters. The van der Waals surface area contributed by atoms with Crippen molar-refractivity contribution in [3.8, 4) is 0 Å². The summed E-state index contributed by atoms with van der Waals surface area (Å²) in [7, 11) is 0. The molecule has 0 radical (unpaired) electrons. The van der Waals surface area contributed by atoms with Gasteiger partial charge in [-0.3, -0.25) is 0 Å². The summed E-state index contributed by atoms with van der Waals surface area (Å²) in [6.45, 7) is 0.567. The van der Waals surface area contributed by atoms with Crippen molar-refractivity contribution in [2.24, 2.45) is 5.73 Å². The van der Waals surface area contributed by atoms with E-state index < -0.39 is 0 Å². The molecule has 3 N–H and O–H groups in total. The van der Waals surface area contributed by atoms with Crippen LogP contribution in [0, 0.1) is 0 Å². The fraction of sp³-hybridized carbons (Fsp3) is 0.0909. The van der Waals surface area contributed by atoms with Gasteiger partial charge in [0.05, 0.1) is 0 Å². The van der Waals surface area contributed by atoms with Gasteiger partial charge in [0.1, 0.15) is 0 Å². The van der Waals surface area contributed by atoms with Crippen LogP contribution in [0.15, 0.2) is 34.9 Å². The van der Waals surface area contributed by atoms with Crippen LogP contribution in [0.5, 0.6) is 0 Å². The number of rotatable bonds is 2. The van der Waals surface area contributed by atoms with Crippen LogP contribution in [-0.2, 0) is 0 Å². The van der Waals surface area contributed by atoms with E-state index in [2.05, 4.69) is 27.0 Å². The van der Waals surface area contributed by atoms with Crippen LogP contribution in [0.2, 0.25) is 0 Å². The standard InChI is InChI=1S/C11H11BrN2/c12-9-4-1-5-10-11(9)8(7-14-10)3-2-6-13/h1-5,7,14H,6,13H2. The van der Waals surface area contributed by atoms with Crippen molar-refractivity contribution in [3.05, 3.63) is 40.5 Å². The first-order valence-electron chi connectivity index (χ1n) is 4.45. The second kappa shape index (κ2) is 3.98. The summed E-state index contributed by atoms with van der Waals surface area (Å²) < 4.78 is 1.10. The van der Waals surface area contributed by atoms with Crippen LogP contribution in [0.3, 0.4) is 0 Å². The zero-order valence-corrected chi connectivity index (χ0v) is 9.21. The Kier molecular flexibility index (Phi) is 2.70. The number of H-pyrrole nitrogens is 1. The highest BCUT2D eigenvalue weighted by molar-refractivity contribution is 9.10. The predicted molar refractivity (Wildman–Crippen MR) is 64.1 cm³/mol. The number of benzene rings is 1. The molecule has 2 rings (SSSR count). The van der Waals surface area contributed by atoms with Gasteiger partial charge in [0.25, 0.3) is 0 Å². The Balaban J connectivity index is 2.61. The molecule has 14 heavy (non-hydrogen) atoms. The first-order valence-corrected chi connectivity index (χ1v) is 5.24. The van der Waals surface area contributed by atoms with Gasteiger partial charge in [0.15, 0.2) is 0 Å². The van der Waals surface area contributed by atoms with Gasteiger partial charge < -0.3 is 10.7 Å². The number of hydrogen-bond donors (Lipinski definition) is 2. The molecule has 0 saturated heterocycles. The molecule has 2 nitrogen and oxygen atoms in total. The summed E-state index contributed by atoms with van der Waals surface area (Å²) >= 11 is 3.53. The molecule has 72 valence electrons. The number of fused-ring (bicyclic) bond motifs is 1. The summed E-state index contributed by atoms with van der Waals surface area (Å²) in [5.41, 5.74) is 7.72. The zero-order chi connectivity index (χ0) is 9.97. The van der Waals surface area contributed by atoms with Crippen molar-refractivity contribution in [1.82, 2.24) is 4.98 Å². The van der Waals surface area contributed by atoms with Crippen LogP contribution >= 0.6 is 15.9 Å². The van der Waals surface area contributed by atoms with Crippen molar-refractivity contribution >= 4 is 32.9 Å². The van der Waals surface area contributed by atoms with Gasteiger partial charge in [0.2, 0.25) is 0 Å². The summed E-state index contributed by atoms with van der Waals surface area (Å²) in [5, 5.41) is 1.21. The minimum atomic E-state index is 0.567. The van der Waals surface area contributed by atoms with Gasteiger partial charge in [-0.1, -0.05) is 34.1 Å². The Labute approximate surface area is 90.9 Å². The van der Waals surface area contributed by atoms with Crippen molar-refractivity contribution in [2.45, 2.75) is 0 Å². The molecule has 3 heteroatoms. The van der Waals surface area contributed by atoms with E-state index in [0.717, 1.165) is 15.6 Å². The molecule has 0 saturated carbocycles. The van der Waals surface area contributed by atoms with Crippen LogP contribution in [0.1, 0.15) is 5.56 Å². The lowest BCUT2D eigenvalue weighted by Gasteiger charge is -1.95. The third kappa shape index (κ3) is 1.61. The summed E-state index contributed by atoms with van der Waals surface area (Å²) in [4.78, 5) is 3.22. The summed E-state index contributed by atoms with van der Waals surface area (Å²) in [5.74, 6) is 0. The van der Waals surface area contributed by atoms with E-state index >= 15 is 0 Å². The Morgan fingerprint density at radius 1 is 1.43 bits per heavy atom. The van der Waals surface area contributed by atoms with E-state index in [1.807, 2.05) is 30.5 Å². The molecule has 0 aliphatic heterocycles. The first-order chi connectivity index (χ1) is 6.83. The highest BCUT2D eigenvalue weighted by Crippen LogP contribution is 2.27. The second-order valence-corrected chi connectivity index (χ2v) is 3.90. The van der Waals surface area contributed by atoms with Crippen molar-refractivity contribution in [2.75, 3.05) is 6.54 Å². The van der Waals surface area contributed by atoms with Crippen molar-refractivity contribution < 1.29 is 0 Å². The van der Waals surface area contributed by atoms with Crippen LogP contribution < -0.4 is 5.73 Å². The van der Waals surface area contributed by atoms with E-state index in [-0.39, 0.29) is 0 Å². The first kappa shape index (κ1) is 9.49. The normalized spacial score (nSPS) is 11.6. The molecule has 1 aromatic carbocycles. The maximum atomic E-state index is 5.42. The fourth-order valence-corrected chi connectivity index (χ4v) is 2.09. The third-order valence-corrected chi connectivity index (χ3v) is 2.78. The molecule has 1 heterocycles. The van der Waals surface area contributed by atoms with Crippen LogP contribution in [0.4, 0.5) is 0 Å². The smallest absolute Gasteiger partial charge is 0.0471 e. The SMILES string of the molecule is NCC=Cc1c[nH]c2cccc(Br)c12. The van der Waals surface area contributed by atoms with E-state index in [4.69, 9.17) is 5.73 Å². The van der Waals surface area contributed by atoms with Crippen LogP contribution in [0.25, 0.3) is 17.0 Å². The molecule has 2 aromatic rings. The summed E-state index contributed by atoms with van der Waals surface area (Å²) in [6.07, 6.45) is 5.97. The number of nitrogens with one attached hydrogen (secondary N) is 1. The van der Waals surface area contributed by atoms with E-state index in [0.29, 0.717) is 6.54 Å². The number of aromatic nitrogens is 1. The number of hydrogen-bond acceptors (Lipinski definition) is 1. The average Bonchev–Trinajstić information content (AvgIpc) is 2.59. The number of aromatic amines is 1. The van der Waals surface area contributed by atoms with Gasteiger partial charge in [0, 0.05) is 33.7 Å². The predicted octanol–water partition coefficient (Wildman–Crippen LogP) is 2.90. The van der Waals surface area contributed by atoms with Gasteiger partial charge >= 0.3 is 0 Å². The van der Waals surface area contributed by atoms with Gasteiger partial charge in [-0.2, -0.15) is 0 Å². The topological polar surface area (TPSA) is 41.8 Å². The second-order valence-electron chi connectivity index (χ2n) is 3.04. The van der Waals surface area contributed by atoms with Gasteiger partial charge in [-0.15, -0.1) is 0 Å². The molecule has 0 bridgehead atoms. The van der Waals surface area contributed by atoms with Crippen molar-refractivity contribution in [3.63, 3.8) is 0 Å². The monoisotopic (exact) mass is 250 g/mol. The average molecular weight is 251 g/mol. The molecule has 0 fully saturated rings. The minimum Gasteiger partial charge on any atom is -0.361 e. The molecule has 0 atom stereocenters. The minimum absolute atomic E-state index is 0.567. The summed E-state index contributed by atoms with van der Waals surface area (Å²) in [6, 6.07) is 6.11. The van der Waals surface area contributed by atoms with E-state index in [9.17, 15) is 0 Å². The lowest BCUT2D eigenvalue weighted by atomic mass is 10.1. The zero-order valence-electron chi connectivity index (χ0n) is 7.63. The van der Waals surface area contributed by atoms with E-state index in [1.54, 1.807) is 0 Å². The molecule has 0 aliphatic rings. The Morgan fingerprint density at radius 3 is 3.07 bits per heavy atom. The Morgan fingerprint density at radius 2 is 2.29 bits per heavy atom. The molecule has 1 aromatic heterocycles. The maximum absolute atomic E-state index is 5.42. The quantitative estimate of drug-likeness (QED) is 0.846. The Bertz CT molecular complexity index is 471. The van der Waals surface area contributed by atoms with Crippen molar-refractivity contribution in [1.29, 1.82) is 0 Å². The molecular formula is C11H11BrN2. The van der Waals surface area contributed by atoms with Crippen LogP contribution in [-0.4, -0.2) is 11.5 Å². The van der Waals surface area contributed by atoms with Gasteiger partial charge in [-0.05, 0) is 12.1 Å². The largest absolute Gasteiger partial charge is 0.361 e. The lowest BCUT2D eigenvalue weighted by molar-refractivity contribution is 1.26. The lowest BCUT2D eigenvalue weighted by Crippen LogP contribution is -1.91. The van der Waals surface area contributed by atoms with E-state index in [1.165, 1.54) is 5.39 Å². The highest BCUT2D eigenvalue weighted by atomic mass is 79.9. The highest BCUT2D eigenvalue weighted by Gasteiger charge is 2.03. The van der Waals surface area contributed by atoms with Gasteiger partial charge in [-0.25, -0.2) is 0 Å². The molecule has 0 aliphatic carbocycles. The Hall–Kier alpha value is -1.06. The third-order valence-electron chi connectivity index (χ3n) is 2.12. The molecular weight excluding hydrogens is 240 g/mol. The molecule has 0 amide bonds. The number of nitrogens with two attached hydrogens (primary N) is 1. The molecule has 0 spiro atoms.